The molecular formula is C11H19NO3. The number of carbonyl (C=O) groups excluding carboxylic acids is 1. The Labute approximate surface area is 90.3 Å². The average molecular weight is 213 g/mol. The van der Waals surface area contributed by atoms with Gasteiger partial charge in [-0.05, 0) is 32.2 Å². The van der Waals surface area contributed by atoms with Crippen LogP contribution in [0.15, 0.2) is 0 Å². The fourth-order valence-corrected chi connectivity index (χ4v) is 2.07. The quantitative estimate of drug-likeness (QED) is 0.700. The molecule has 0 bridgehead atoms. The minimum Gasteiger partial charge on any atom is -0.435 e. The van der Waals surface area contributed by atoms with Crippen molar-refractivity contribution in [1.82, 2.24) is 5.32 Å². The lowest BCUT2D eigenvalue weighted by molar-refractivity contribution is -0.189. The molecule has 2 heterocycles. The molecule has 0 aromatic heterocycles. The van der Waals surface area contributed by atoms with Gasteiger partial charge in [-0.1, -0.05) is 6.42 Å². The molecule has 0 aromatic rings. The molecule has 2 aliphatic heterocycles. The van der Waals surface area contributed by atoms with Crippen molar-refractivity contribution in [2.75, 3.05) is 13.2 Å². The predicted molar refractivity (Wildman–Crippen MR) is 55.3 cm³/mol. The van der Waals surface area contributed by atoms with Gasteiger partial charge in [0.1, 0.15) is 6.04 Å². The third kappa shape index (κ3) is 3.18. The molecule has 0 aliphatic carbocycles. The van der Waals surface area contributed by atoms with E-state index in [-0.39, 0.29) is 18.3 Å². The third-order valence-corrected chi connectivity index (χ3v) is 2.98. The van der Waals surface area contributed by atoms with Crippen LogP contribution in [0.1, 0.15) is 38.5 Å². The first-order valence-electron chi connectivity index (χ1n) is 5.92. The summed E-state index contributed by atoms with van der Waals surface area (Å²) in [7, 11) is 0. The van der Waals surface area contributed by atoms with Crippen molar-refractivity contribution in [2.45, 2.75) is 50.9 Å². The lowest BCUT2D eigenvalue weighted by atomic mass is 10.1. The van der Waals surface area contributed by atoms with E-state index in [2.05, 4.69) is 5.32 Å². The molecule has 86 valence electrons. The summed E-state index contributed by atoms with van der Waals surface area (Å²) in [5.41, 5.74) is 0. The summed E-state index contributed by atoms with van der Waals surface area (Å²) in [5.74, 6) is -0.137. The van der Waals surface area contributed by atoms with Crippen LogP contribution in [0.3, 0.4) is 0 Å². The summed E-state index contributed by atoms with van der Waals surface area (Å²) < 4.78 is 10.7. The van der Waals surface area contributed by atoms with Crippen LogP contribution in [0.2, 0.25) is 0 Å². The highest BCUT2D eigenvalue weighted by Gasteiger charge is 2.25. The molecule has 1 N–H and O–H groups in total. The van der Waals surface area contributed by atoms with Crippen molar-refractivity contribution in [3.63, 3.8) is 0 Å². The van der Waals surface area contributed by atoms with Crippen molar-refractivity contribution in [3.8, 4) is 0 Å². The van der Waals surface area contributed by atoms with Gasteiger partial charge in [0.05, 0.1) is 6.61 Å². The van der Waals surface area contributed by atoms with Gasteiger partial charge in [-0.3, -0.25) is 4.79 Å². The Hall–Kier alpha value is -0.610. The van der Waals surface area contributed by atoms with Crippen molar-refractivity contribution in [3.05, 3.63) is 0 Å². The van der Waals surface area contributed by atoms with Gasteiger partial charge in [-0.15, -0.1) is 0 Å². The minimum absolute atomic E-state index is 0.107. The van der Waals surface area contributed by atoms with Crippen LogP contribution in [-0.4, -0.2) is 31.5 Å². The number of piperidine rings is 1. The van der Waals surface area contributed by atoms with Crippen LogP contribution in [0, 0.1) is 0 Å². The van der Waals surface area contributed by atoms with Gasteiger partial charge in [0, 0.05) is 6.42 Å². The number of hydrogen-bond acceptors (Lipinski definition) is 4. The highest BCUT2D eigenvalue weighted by atomic mass is 16.7. The summed E-state index contributed by atoms with van der Waals surface area (Å²) >= 11 is 0. The molecular weight excluding hydrogens is 194 g/mol. The van der Waals surface area contributed by atoms with Crippen molar-refractivity contribution >= 4 is 5.97 Å². The van der Waals surface area contributed by atoms with E-state index in [1.165, 1.54) is 0 Å². The van der Waals surface area contributed by atoms with Crippen LogP contribution < -0.4 is 5.32 Å². The summed E-state index contributed by atoms with van der Waals surface area (Å²) in [6.45, 7) is 1.64. The summed E-state index contributed by atoms with van der Waals surface area (Å²) in [6, 6.07) is -0.107. The van der Waals surface area contributed by atoms with Gasteiger partial charge >= 0.3 is 5.97 Å². The highest BCUT2D eigenvalue weighted by molar-refractivity contribution is 5.75. The van der Waals surface area contributed by atoms with E-state index in [0.29, 0.717) is 0 Å². The minimum atomic E-state index is -0.296. The standard InChI is InChI=1S/C11H19NO3/c13-11(9-5-1-3-7-12-9)15-10-6-2-4-8-14-10/h9-10,12H,1-8H2. The lowest BCUT2D eigenvalue weighted by Crippen LogP contribution is -2.43. The number of nitrogens with one attached hydrogen (secondary N) is 1. The van der Waals surface area contributed by atoms with Crippen molar-refractivity contribution in [1.29, 1.82) is 0 Å². The second-order valence-corrected chi connectivity index (χ2v) is 4.24. The molecule has 0 aromatic carbocycles. The number of hydrogen-bond donors (Lipinski definition) is 1. The van der Waals surface area contributed by atoms with E-state index in [0.717, 1.165) is 51.7 Å². The van der Waals surface area contributed by atoms with Crippen molar-refractivity contribution < 1.29 is 14.3 Å². The highest BCUT2D eigenvalue weighted by Crippen LogP contribution is 2.16. The Morgan fingerprint density at radius 1 is 1.20 bits per heavy atom. The van der Waals surface area contributed by atoms with Gasteiger partial charge in [0.15, 0.2) is 0 Å². The maximum atomic E-state index is 11.7. The largest absolute Gasteiger partial charge is 0.435 e. The molecule has 2 fully saturated rings. The zero-order valence-electron chi connectivity index (χ0n) is 9.04. The molecule has 15 heavy (non-hydrogen) atoms. The number of rotatable bonds is 2. The first-order chi connectivity index (χ1) is 7.36. The maximum Gasteiger partial charge on any atom is 0.325 e. The van der Waals surface area contributed by atoms with Gasteiger partial charge in [0.25, 0.3) is 0 Å². The molecule has 2 aliphatic rings. The SMILES string of the molecule is O=C(OC1CCCCO1)C1CCCCN1. The normalized spacial score (nSPS) is 32.3. The fourth-order valence-electron chi connectivity index (χ4n) is 2.07. The monoisotopic (exact) mass is 213 g/mol. The molecule has 0 radical (unpaired) electrons. The lowest BCUT2D eigenvalue weighted by Gasteiger charge is -2.26. The molecule has 2 unspecified atom stereocenters. The van der Waals surface area contributed by atoms with E-state index in [1.54, 1.807) is 0 Å². The molecule has 0 saturated carbocycles. The molecule has 2 saturated heterocycles. The Bertz CT molecular complexity index is 208. The Morgan fingerprint density at radius 2 is 2.07 bits per heavy atom. The van der Waals surface area contributed by atoms with Gasteiger partial charge in [-0.2, -0.15) is 0 Å². The van der Waals surface area contributed by atoms with Crippen LogP contribution in [0.5, 0.6) is 0 Å². The first-order valence-corrected chi connectivity index (χ1v) is 5.92. The molecule has 4 nitrogen and oxygen atoms in total. The average Bonchev–Trinajstić information content (AvgIpc) is 2.31. The van der Waals surface area contributed by atoms with E-state index < -0.39 is 0 Å². The fraction of sp³-hybridized carbons (Fsp3) is 0.909. The van der Waals surface area contributed by atoms with Crippen LogP contribution >= 0.6 is 0 Å². The smallest absolute Gasteiger partial charge is 0.325 e. The van der Waals surface area contributed by atoms with Crippen LogP contribution in [-0.2, 0) is 14.3 Å². The third-order valence-electron chi connectivity index (χ3n) is 2.98. The van der Waals surface area contributed by atoms with E-state index in [4.69, 9.17) is 9.47 Å². The summed E-state index contributed by atoms with van der Waals surface area (Å²) in [4.78, 5) is 11.7. The molecule has 2 atom stereocenters. The summed E-state index contributed by atoms with van der Waals surface area (Å²) in [5, 5.41) is 3.18. The van der Waals surface area contributed by atoms with Crippen molar-refractivity contribution in [2.24, 2.45) is 0 Å². The van der Waals surface area contributed by atoms with Gasteiger partial charge in [-0.25, -0.2) is 0 Å². The van der Waals surface area contributed by atoms with E-state index in [1.807, 2.05) is 0 Å². The Kier molecular flexibility index (Phi) is 3.97. The second kappa shape index (κ2) is 5.47. The molecule has 0 amide bonds. The van der Waals surface area contributed by atoms with Crippen LogP contribution in [0.4, 0.5) is 0 Å². The first kappa shape index (κ1) is 10.9. The zero-order valence-corrected chi connectivity index (χ0v) is 9.04. The molecule has 0 spiro atoms. The van der Waals surface area contributed by atoms with Gasteiger partial charge in [0.2, 0.25) is 6.29 Å². The number of ether oxygens (including phenoxy) is 2. The zero-order chi connectivity index (χ0) is 10.5. The Balaban J connectivity index is 1.74. The van der Waals surface area contributed by atoms with E-state index in [9.17, 15) is 4.79 Å². The van der Waals surface area contributed by atoms with Gasteiger partial charge < -0.3 is 14.8 Å². The number of esters is 1. The van der Waals surface area contributed by atoms with E-state index >= 15 is 0 Å². The molecule has 4 heteroatoms. The topological polar surface area (TPSA) is 47.6 Å². The second-order valence-electron chi connectivity index (χ2n) is 4.24. The Morgan fingerprint density at radius 3 is 2.73 bits per heavy atom. The predicted octanol–water partition coefficient (Wildman–Crippen LogP) is 1.20. The molecule has 2 rings (SSSR count). The maximum absolute atomic E-state index is 11.7. The summed E-state index contributed by atoms with van der Waals surface area (Å²) in [6.07, 6.45) is 5.88. The number of carbonyl (C=O) groups is 1. The van der Waals surface area contributed by atoms with Crippen LogP contribution in [0.25, 0.3) is 0 Å².